The van der Waals surface area contributed by atoms with E-state index in [0.717, 1.165) is 31.4 Å². The lowest BCUT2D eigenvalue weighted by molar-refractivity contribution is 0.103. The number of ketones is 1. The first-order valence-electron chi connectivity index (χ1n) is 15.0. The van der Waals surface area contributed by atoms with Gasteiger partial charge >= 0.3 is 0 Å². The number of nitrogens with two attached hydrogens (primary N) is 2. The number of hydrogen-bond acceptors (Lipinski definition) is 8. The van der Waals surface area contributed by atoms with Crippen LogP contribution in [0.15, 0.2) is 94.7 Å². The number of hydrogen-bond donors (Lipinski definition) is 3. The fraction of sp³-hybridized carbons (Fsp3) is 0.265. The van der Waals surface area contributed by atoms with E-state index in [9.17, 15) is 26.7 Å². The molecule has 0 fully saturated rings. The van der Waals surface area contributed by atoms with E-state index in [0.29, 0.717) is 35.7 Å². The summed E-state index contributed by atoms with van der Waals surface area (Å²) in [5.41, 5.74) is 1.62. The zero-order chi connectivity index (χ0) is 35.5. The van der Waals surface area contributed by atoms with Crippen molar-refractivity contribution in [3.8, 4) is 11.5 Å². The van der Waals surface area contributed by atoms with Gasteiger partial charge in [-0.15, -0.1) is 0 Å². The van der Waals surface area contributed by atoms with Crippen LogP contribution in [0.2, 0.25) is 10.0 Å². The maximum Gasteiger partial charge on any atom is 0.239 e. The second-order valence-electron chi connectivity index (χ2n) is 10.7. The van der Waals surface area contributed by atoms with E-state index in [1.807, 2.05) is 0 Å². The Hall–Kier alpha value is -3.49. The summed E-state index contributed by atoms with van der Waals surface area (Å²) in [7, 11) is -7.95. The van der Waals surface area contributed by atoms with Crippen LogP contribution in [0.1, 0.15) is 72.7 Å². The van der Waals surface area contributed by atoms with E-state index in [4.69, 9.17) is 43.0 Å². The van der Waals surface area contributed by atoms with Gasteiger partial charge in [0.1, 0.15) is 27.4 Å². The molecule has 0 amide bonds. The summed E-state index contributed by atoms with van der Waals surface area (Å²) in [5, 5.41) is 20.7. The van der Waals surface area contributed by atoms with Crippen molar-refractivity contribution >= 4 is 49.0 Å². The lowest BCUT2D eigenvalue weighted by Gasteiger charge is -2.14. The molecule has 0 aliphatic carbocycles. The molecule has 10 nitrogen and oxygen atoms in total. The number of halogens is 2. The summed E-state index contributed by atoms with van der Waals surface area (Å²) in [6.45, 7) is 5.43. The molecule has 0 aromatic heterocycles. The Morgan fingerprint density at radius 3 is 1.56 bits per heavy atom. The third kappa shape index (κ3) is 11.3. The lowest BCUT2D eigenvalue weighted by atomic mass is 10.0. The van der Waals surface area contributed by atoms with Crippen LogP contribution in [-0.2, 0) is 20.0 Å². The Labute approximate surface area is 291 Å². The molecule has 48 heavy (non-hydrogen) atoms. The summed E-state index contributed by atoms with van der Waals surface area (Å²) in [5.74, 6) is 1.08. The van der Waals surface area contributed by atoms with Gasteiger partial charge in [-0.3, -0.25) is 4.79 Å². The third-order valence-electron chi connectivity index (χ3n) is 6.92. The molecule has 4 aromatic carbocycles. The number of primary sulfonamides is 2. The first-order chi connectivity index (χ1) is 22.6. The predicted octanol–water partition coefficient (Wildman–Crippen LogP) is 6.65. The normalized spacial score (nSPS) is 12.1. The molecule has 0 saturated carbocycles. The molecule has 0 heterocycles. The Morgan fingerprint density at radius 1 is 0.667 bits per heavy atom. The van der Waals surface area contributed by atoms with Crippen molar-refractivity contribution in [3.63, 3.8) is 0 Å². The van der Waals surface area contributed by atoms with Crippen LogP contribution in [0, 0.1) is 0 Å². The van der Waals surface area contributed by atoms with Gasteiger partial charge < -0.3 is 14.6 Å². The Kier molecular flexibility index (Phi) is 14.4. The molecular formula is C34H38Cl2N2O8S2. The zero-order valence-corrected chi connectivity index (χ0v) is 29.6. The van der Waals surface area contributed by atoms with Gasteiger partial charge in [-0.25, -0.2) is 27.1 Å². The molecule has 5 N–H and O–H groups in total. The van der Waals surface area contributed by atoms with Crippen molar-refractivity contribution in [2.24, 2.45) is 10.3 Å². The van der Waals surface area contributed by atoms with Crippen molar-refractivity contribution in [1.29, 1.82) is 0 Å². The number of unbranched alkanes of at least 4 members (excludes halogenated alkanes) is 2. The molecule has 0 saturated heterocycles. The number of benzene rings is 4. The largest absolute Gasteiger partial charge is 0.494 e. The van der Waals surface area contributed by atoms with Crippen molar-refractivity contribution in [3.05, 3.63) is 117 Å². The average molecular weight is 738 g/mol. The SMILES string of the molecule is CCCCOc1ccc(C(=O)c2ccc(Cl)c(S(N)(=O)=O)c2)cc1.CCCCOc1ccc(C(O)c2ccc(Cl)c(S(N)(=O)=O)c2)cc1. The van der Waals surface area contributed by atoms with Gasteiger partial charge in [-0.1, -0.05) is 68.1 Å². The maximum atomic E-state index is 12.5. The molecule has 4 rings (SSSR count). The highest BCUT2D eigenvalue weighted by Crippen LogP contribution is 2.29. The highest BCUT2D eigenvalue weighted by molar-refractivity contribution is 7.89. The summed E-state index contributed by atoms with van der Waals surface area (Å²) in [4.78, 5) is 12.0. The molecule has 14 heteroatoms. The van der Waals surface area contributed by atoms with Crippen LogP contribution in [0.25, 0.3) is 0 Å². The molecule has 0 radical (unpaired) electrons. The van der Waals surface area contributed by atoms with E-state index in [-0.39, 0.29) is 31.2 Å². The third-order valence-corrected chi connectivity index (χ3v) is 9.71. The number of rotatable bonds is 14. The zero-order valence-electron chi connectivity index (χ0n) is 26.4. The van der Waals surface area contributed by atoms with Crippen LogP contribution >= 0.6 is 23.2 Å². The molecule has 0 aliphatic heterocycles. The minimum Gasteiger partial charge on any atom is -0.494 e. The van der Waals surface area contributed by atoms with Gasteiger partial charge in [0.05, 0.1) is 23.3 Å². The van der Waals surface area contributed by atoms with E-state index in [1.54, 1.807) is 54.6 Å². The van der Waals surface area contributed by atoms with E-state index >= 15 is 0 Å². The monoisotopic (exact) mass is 736 g/mol. The number of aliphatic hydroxyl groups is 1. The molecule has 0 bridgehead atoms. The number of ether oxygens (including phenoxy) is 2. The quantitative estimate of drug-likeness (QED) is 0.0953. The number of sulfonamides is 2. The summed E-state index contributed by atoms with van der Waals surface area (Å²) in [6, 6.07) is 21.9. The minimum absolute atomic E-state index is 0.0197. The molecular weight excluding hydrogens is 699 g/mol. The van der Waals surface area contributed by atoms with Crippen LogP contribution in [0.5, 0.6) is 11.5 Å². The van der Waals surface area contributed by atoms with Gasteiger partial charge in [-0.2, -0.15) is 0 Å². The minimum atomic E-state index is -4.00. The second kappa shape index (κ2) is 17.8. The van der Waals surface area contributed by atoms with Crippen molar-refractivity contribution < 1.29 is 36.2 Å². The fourth-order valence-corrected chi connectivity index (χ4v) is 6.40. The number of carbonyl (C=O) groups is 1. The van der Waals surface area contributed by atoms with Crippen molar-refractivity contribution in [1.82, 2.24) is 0 Å². The fourth-order valence-electron chi connectivity index (χ4n) is 4.25. The Morgan fingerprint density at radius 2 is 1.08 bits per heavy atom. The van der Waals surface area contributed by atoms with Gasteiger partial charge in [0.15, 0.2) is 5.78 Å². The van der Waals surface area contributed by atoms with E-state index < -0.39 is 26.2 Å². The van der Waals surface area contributed by atoms with Gasteiger partial charge in [0.25, 0.3) is 0 Å². The van der Waals surface area contributed by atoms with Crippen molar-refractivity contribution in [2.75, 3.05) is 13.2 Å². The molecule has 1 atom stereocenters. The average Bonchev–Trinajstić information content (AvgIpc) is 3.05. The van der Waals surface area contributed by atoms with E-state index in [1.165, 1.54) is 30.3 Å². The molecule has 4 aromatic rings. The first kappa shape index (κ1) is 39.0. The first-order valence-corrected chi connectivity index (χ1v) is 18.8. The van der Waals surface area contributed by atoms with Crippen LogP contribution in [-0.4, -0.2) is 40.9 Å². The van der Waals surface area contributed by atoms with Gasteiger partial charge in [-0.05, 0) is 90.7 Å². The highest BCUT2D eigenvalue weighted by atomic mass is 35.5. The molecule has 258 valence electrons. The van der Waals surface area contributed by atoms with Crippen LogP contribution in [0.4, 0.5) is 0 Å². The summed E-state index contributed by atoms with van der Waals surface area (Å²) < 4.78 is 57.2. The predicted molar refractivity (Wildman–Crippen MR) is 187 cm³/mol. The molecule has 1 unspecified atom stereocenters. The molecule has 0 aliphatic rings. The Balaban J connectivity index is 0.000000260. The lowest BCUT2D eigenvalue weighted by Crippen LogP contribution is -2.14. The van der Waals surface area contributed by atoms with E-state index in [2.05, 4.69) is 13.8 Å². The smallest absolute Gasteiger partial charge is 0.239 e. The number of aliphatic hydroxyl groups excluding tert-OH is 1. The standard InChI is InChI=1S/C17H20ClNO4S.C17H18ClNO4S/c2*1-2-3-10-23-14-7-4-12(5-8-14)17(20)13-6-9-15(18)16(11-13)24(19,21)22/h4-9,11,17,20H,2-3,10H2,1H3,(H2,19,21,22);4-9,11H,2-3,10H2,1H3,(H2,19,21,22). The second-order valence-corrected chi connectivity index (χ2v) is 14.5. The Bertz CT molecular complexity index is 1900. The van der Waals surface area contributed by atoms with Crippen molar-refractivity contribution in [2.45, 2.75) is 55.4 Å². The topological polar surface area (TPSA) is 176 Å². The van der Waals surface area contributed by atoms with Crippen LogP contribution in [0.3, 0.4) is 0 Å². The summed E-state index contributed by atoms with van der Waals surface area (Å²) >= 11 is 11.7. The number of carbonyl (C=O) groups excluding carboxylic acids is 1. The van der Waals surface area contributed by atoms with Gasteiger partial charge in [0.2, 0.25) is 20.0 Å². The highest BCUT2D eigenvalue weighted by Gasteiger charge is 2.19. The maximum absolute atomic E-state index is 12.5. The van der Waals surface area contributed by atoms with Gasteiger partial charge in [0, 0.05) is 11.1 Å². The summed E-state index contributed by atoms with van der Waals surface area (Å²) in [6.07, 6.45) is 3.04. The van der Waals surface area contributed by atoms with Crippen LogP contribution < -0.4 is 19.8 Å². The molecule has 0 spiro atoms.